The molecular weight excluding hydrogens is 1370 g/mol. The van der Waals surface area contributed by atoms with Crippen molar-refractivity contribution in [2.75, 3.05) is 55.7 Å². The number of carbonyl (C=O) groups is 9. The number of nitrogens with one attached hydrogen (secondary N) is 3. The number of Topliss-reactive ketones (excluding diaryl/α,β-unsaturated/α-hetero) is 2. The molecule has 12 rings (SSSR count). The van der Waals surface area contributed by atoms with Gasteiger partial charge in [-0.3, -0.25) is 48.2 Å². The maximum absolute atomic E-state index is 14.0. The van der Waals surface area contributed by atoms with E-state index >= 15 is 0 Å². The lowest BCUT2D eigenvalue weighted by atomic mass is 9.39. The Labute approximate surface area is 608 Å². The number of aromatic nitrogens is 4. The fraction of sp³-hybridized carbons (Fsp3) is 0.500. The number of amides is 7. The summed E-state index contributed by atoms with van der Waals surface area (Å²) in [6.07, 6.45) is 11.1. The number of unbranched alkanes of at least 4 members (excludes halogenated alkanes) is 2. The molecule has 0 spiro atoms. The highest BCUT2D eigenvalue weighted by atomic mass is 32.1. The number of carboxylic acid groups (broad SMARTS) is 1. The Bertz CT molecular complexity index is 4270. The molecule has 4 bridgehead atoms. The van der Waals surface area contributed by atoms with Gasteiger partial charge in [-0.2, -0.15) is 5.10 Å². The largest absolute Gasteiger partial charge is 0.476 e. The van der Waals surface area contributed by atoms with Gasteiger partial charge >= 0.3 is 25.7 Å². The Morgan fingerprint density at radius 1 is 0.817 bits per heavy atom. The third kappa shape index (κ3) is 18.7. The number of fused-ring (bicyclic) bond motifs is 2. The average molecular weight is 1460 g/mol. The molecule has 7 amide bonds. The number of imide groups is 1. The molecule has 104 heavy (non-hydrogen) atoms. The van der Waals surface area contributed by atoms with Gasteiger partial charge in [0.25, 0.3) is 17.7 Å². The number of carboxylic acids is 1. The highest BCUT2D eigenvalue weighted by Gasteiger charge is 2.66. The first-order valence-electron chi connectivity index (χ1n) is 35.9. The summed E-state index contributed by atoms with van der Waals surface area (Å²) in [6, 6.07) is 22.2. The van der Waals surface area contributed by atoms with Gasteiger partial charge in [0, 0.05) is 106 Å². The quantitative estimate of drug-likeness (QED) is 0.0110. The van der Waals surface area contributed by atoms with Gasteiger partial charge in [-0.25, -0.2) is 24.4 Å². The van der Waals surface area contributed by atoms with Crippen molar-refractivity contribution in [1.82, 2.24) is 40.2 Å². The standard InChI is InChI=1S/C76H94N11O15PS/c1-48(2)56(37-53(88)15-7-6-10-31-86-64(90)26-27-65(86)91)68(93)80-59(18-12-29-78-70(77)96)61(89)36-50-20-22-51(23-21-50)40-101-72(97)84(30-13-35-103(98,99)100)33-34-102-76-44-73(4)41-74(5,45-76)43-75(42-73,46-76)47-87-49(3)57(38-79-87)54-24-25-63(82-66(54)69(94)95)85-32-28-52-14-11-16-55(58(52)39-85)67(92)83-71-81-60-17-8-9-19-62(60)104-71/h8-9,11,14,16-17,19-27,38,48,56,59H,6-7,10,12-13,15,18,28-37,39-47H2,1-5H3,(H,80,93)(H,94,95)(H3,77,78,96)(H,81,83,92)(H2,98,99,100)/t56-,59-,73?,74?,75?,76?/m0/s1. The molecule has 5 heterocycles. The maximum atomic E-state index is 14.0. The fourth-order valence-electron chi connectivity index (χ4n) is 17.4. The maximum Gasteiger partial charge on any atom is 0.410 e. The zero-order chi connectivity index (χ0) is 74.3. The second kappa shape index (κ2) is 32.2. The highest BCUT2D eigenvalue weighted by molar-refractivity contribution is 7.51. The predicted octanol–water partition coefficient (Wildman–Crippen LogP) is 10.5. The second-order valence-corrected chi connectivity index (χ2v) is 33.1. The molecule has 554 valence electrons. The van der Waals surface area contributed by atoms with Crippen LogP contribution in [0.25, 0.3) is 21.3 Å². The number of hydrogen-bond donors (Lipinski definition) is 7. The number of carbonyl (C=O) groups excluding carboxylic acids is 8. The smallest absolute Gasteiger partial charge is 0.410 e. The minimum atomic E-state index is -4.41. The number of benzene rings is 3. The molecule has 28 heteroatoms. The number of urea groups is 1. The Kier molecular flexibility index (Phi) is 23.5. The highest BCUT2D eigenvalue weighted by Crippen LogP contribution is 2.72. The lowest BCUT2D eigenvalue weighted by Gasteiger charge is -2.69. The molecule has 26 nitrogen and oxygen atoms in total. The number of pyridine rings is 1. The van der Waals surface area contributed by atoms with Gasteiger partial charge in [0.2, 0.25) is 5.91 Å². The number of rotatable bonds is 35. The van der Waals surface area contributed by atoms with E-state index < -0.39 is 55.3 Å². The SMILES string of the molecule is Cc1c(-c2ccc(N3CCc4cccc(C(=O)Nc5nc6ccccc6s5)c4C3)nc2C(=O)O)cnn1CC12CC3(C)CC(C)(C1)CC(OCCN(CCCP(=O)(O)O)C(=O)OCc1ccc(CC(=O)[C@H](CCCNC(N)=O)NC(=O)[C@@H](CC(=O)CCCCCN4C(=O)C=CC4=O)C(C)C)cc1)(C3)C2. The number of aromatic carboxylic acids is 1. The summed E-state index contributed by atoms with van der Waals surface area (Å²) < 4.78 is 27.9. The van der Waals surface area contributed by atoms with E-state index in [1.54, 1.807) is 42.6 Å². The van der Waals surface area contributed by atoms with Gasteiger partial charge in [0.15, 0.2) is 16.6 Å². The third-order valence-electron chi connectivity index (χ3n) is 21.1. The van der Waals surface area contributed by atoms with Crippen molar-refractivity contribution in [2.24, 2.45) is 33.8 Å². The molecule has 4 saturated carbocycles. The van der Waals surface area contributed by atoms with Crippen molar-refractivity contribution in [2.45, 2.75) is 169 Å². The van der Waals surface area contributed by atoms with Crippen LogP contribution in [0.15, 0.2) is 97.2 Å². The summed E-state index contributed by atoms with van der Waals surface area (Å²) in [5.41, 5.74) is 10.5. The summed E-state index contributed by atoms with van der Waals surface area (Å²) in [4.78, 5) is 151. The van der Waals surface area contributed by atoms with Crippen LogP contribution in [0.1, 0.15) is 166 Å². The number of thiazole rings is 1. The van der Waals surface area contributed by atoms with Crippen LogP contribution in [0, 0.1) is 35.0 Å². The minimum absolute atomic E-state index is 0.00298. The first-order chi connectivity index (χ1) is 49.5. The Hall–Kier alpha value is -9.01. The van der Waals surface area contributed by atoms with Gasteiger partial charge < -0.3 is 50.5 Å². The van der Waals surface area contributed by atoms with Gasteiger partial charge in [0.05, 0.1) is 40.8 Å². The van der Waals surface area contributed by atoms with E-state index in [4.69, 9.17) is 25.3 Å². The number of nitrogens with two attached hydrogens (primary N) is 1. The van der Waals surface area contributed by atoms with E-state index in [1.165, 1.54) is 28.4 Å². The van der Waals surface area contributed by atoms with Gasteiger partial charge in [-0.1, -0.05) is 94.0 Å². The molecule has 6 aliphatic rings. The topological polar surface area (TPSA) is 365 Å². The Morgan fingerprint density at radius 2 is 1.55 bits per heavy atom. The van der Waals surface area contributed by atoms with Crippen molar-refractivity contribution in [1.29, 1.82) is 0 Å². The number of ether oxygens (including phenoxy) is 2. The van der Waals surface area contributed by atoms with Crippen LogP contribution in [0.3, 0.4) is 0 Å². The zero-order valence-electron chi connectivity index (χ0n) is 59.7. The van der Waals surface area contributed by atoms with Gasteiger partial charge in [0.1, 0.15) is 18.2 Å². The summed E-state index contributed by atoms with van der Waals surface area (Å²) in [5.74, 6) is -3.56. The fourth-order valence-corrected chi connectivity index (χ4v) is 18.8. The van der Waals surface area contributed by atoms with Crippen molar-refractivity contribution in [3.8, 4) is 11.1 Å². The predicted molar refractivity (Wildman–Crippen MR) is 390 cm³/mol. The summed E-state index contributed by atoms with van der Waals surface area (Å²) in [5, 5.41) is 24.6. The van der Waals surface area contributed by atoms with Crippen LogP contribution in [0.5, 0.6) is 0 Å². The average Bonchev–Trinajstić information content (AvgIpc) is 0.716. The number of primary amides is 1. The zero-order valence-corrected chi connectivity index (χ0v) is 61.4. The minimum Gasteiger partial charge on any atom is -0.476 e. The number of anilines is 2. The Morgan fingerprint density at radius 3 is 2.25 bits per heavy atom. The number of para-hydroxylation sites is 1. The summed E-state index contributed by atoms with van der Waals surface area (Å²) >= 11 is 1.40. The van der Waals surface area contributed by atoms with Crippen LogP contribution in [-0.2, 0) is 70.5 Å². The number of ketones is 2. The van der Waals surface area contributed by atoms with Crippen LogP contribution in [0.4, 0.5) is 20.5 Å². The molecule has 0 radical (unpaired) electrons. The monoisotopic (exact) mass is 1460 g/mol. The Balaban J connectivity index is 0.701. The molecule has 3 aromatic carbocycles. The van der Waals surface area contributed by atoms with Crippen molar-refractivity contribution >= 4 is 93.4 Å². The lowest BCUT2D eigenvalue weighted by Crippen LogP contribution is -2.64. The van der Waals surface area contributed by atoms with Crippen molar-refractivity contribution in [3.05, 3.63) is 136 Å². The molecule has 2 unspecified atom stereocenters. The van der Waals surface area contributed by atoms with E-state index in [0.717, 1.165) is 64.0 Å². The molecule has 4 aliphatic carbocycles. The van der Waals surface area contributed by atoms with E-state index in [0.29, 0.717) is 96.9 Å². The van der Waals surface area contributed by atoms with E-state index in [-0.39, 0.29) is 129 Å². The molecule has 0 saturated heterocycles. The third-order valence-corrected chi connectivity index (χ3v) is 23.0. The van der Waals surface area contributed by atoms with E-state index in [1.807, 2.05) is 72.8 Å². The molecule has 3 aromatic heterocycles. The van der Waals surface area contributed by atoms with Crippen LogP contribution in [0.2, 0.25) is 0 Å². The summed E-state index contributed by atoms with van der Waals surface area (Å²) in [7, 11) is -4.41. The molecule has 4 atom stereocenters. The second-order valence-electron chi connectivity index (χ2n) is 30.2. The number of nitrogens with zero attached hydrogens (tertiary/aromatic N) is 7. The van der Waals surface area contributed by atoms with Gasteiger partial charge in [-0.15, -0.1) is 0 Å². The first kappa shape index (κ1) is 76.1. The molecule has 2 aliphatic heterocycles. The van der Waals surface area contributed by atoms with E-state index in [2.05, 4.69) is 34.8 Å². The van der Waals surface area contributed by atoms with Gasteiger partial charge in [-0.05, 0) is 159 Å². The van der Waals surface area contributed by atoms with Crippen LogP contribution < -0.4 is 26.6 Å². The lowest BCUT2D eigenvalue weighted by molar-refractivity contribution is -0.248. The molecule has 6 aromatic rings. The summed E-state index contributed by atoms with van der Waals surface area (Å²) in [6.45, 7) is 12.2. The molecule has 8 N–H and O–H groups in total. The van der Waals surface area contributed by atoms with Crippen LogP contribution in [-0.4, -0.2) is 155 Å². The van der Waals surface area contributed by atoms with Crippen molar-refractivity contribution < 1.29 is 72.1 Å². The molecule has 4 fully saturated rings. The van der Waals surface area contributed by atoms with E-state index in [9.17, 15) is 62.6 Å². The van der Waals surface area contributed by atoms with Crippen LogP contribution >= 0.6 is 18.9 Å². The normalized spacial score (nSPS) is 20.9. The molecular formula is C76H94N11O15PS. The first-order valence-corrected chi connectivity index (χ1v) is 38.5. The number of hydrogen-bond acceptors (Lipinski definition) is 17. The van der Waals surface area contributed by atoms with Crippen molar-refractivity contribution in [3.63, 3.8) is 0 Å².